The number of halogens is 2. The zero-order valence-corrected chi connectivity index (χ0v) is 18.7. The molecule has 2 heterocycles. The molecule has 4 rings (SSSR count). The Bertz CT molecular complexity index is 1280. The summed E-state index contributed by atoms with van der Waals surface area (Å²) in [4.78, 5) is 12.5. The third kappa shape index (κ3) is 4.87. The van der Waals surface area contributed by atoms with E-state index in [4.69, 9.17) is 49.4 Å². The Morgan fingerprint density at radius 2 is 1.69 bits per heavy atom. The van der Waals surface area contributed by atoms with E-state index in [1.54, 1.807) is 48.5 Å². The zero-order valence-electron chi connectivity index (χ0n) is 16.4. The molecule has 3 N–H and O–H groups in total. The Balaban J connectivity index is 1.38. The van der Waals surface area contributed by atoms with Crippen LogP contribution >= 0.6 is 35.4 Å². The number of furan rings is 2. The Hall–Kier alpha value is -3.10. The van der Waals surface area contributed by atoms with Gasteiger partial charge in [-0.2, -0.15) is 0 Å². The molecule has 2 aromatic heterocycles. The summed E-state index contributed by atoms with van der Waals surface area (Å²) >= 11 is 17.5. The van der Waals surface area contributed by atoms with E-state index in [1.807, 2.05) is 12.1 Å². The molecule has 0 aliphatic heterocycles. The molecule has 0 aliphatic carbocycles. The molecule has 162 valence electrons. The fourth-order valence-corrected chi connectivity index (χ4v) is 3.57. The first-order valence-electron chi connectivity index (χ1n) is 9.41. The van der Waals surface area contributed by atoms with Gasteiger partial charge in [-0.05, 0) is 72.9 Å². The molecule has 32 heavy (non-hydrogen) atoms. The van der Waals surface area contributed by atoms with E-state index in [1.165, 1.54) is 6.07 Å². The van der Waals surface area contributed by atoms with Crippen LogP contribution in [-0.4, -0.2) is 16.1 Å². The van der Waals surface area contributed by atoms with Gasteiger partial charge in [-0.1, -0.05) is 29.3 Å². The van der Waals surface area contributed by atoms with Gasteiger partial charge in [0.15, 0.2) is 10.9 Å². The second kappa shape index (κ2) is 9.58. The van der Waals surface area contributed by atoms with Crippen molar-refractivity contribution < 1.29 is 18.7 Å². The van der Waals surface area contributed by atoms with Crippen LogP contribution in [-0.2, 0) is 6.61 Å². The van der Waals surface area contributed by atoms with Crippen LogP contribution in [0.1, 0.15) is 16.3 Å². The summed E-state index contributed by atoms with van der Waals surface area (Å²) in [6, 6.07) is 19.1. The molecule has 0 fully saturated rings. The topological polar surface area (TPSA) is 87.6 Å². The summed E-state index contributed by atoms with van der Waals surface area (Å²) in [5.41, 5.74) is 2.11. The van der Waals surface area contributed by atoms with Gasteiger partial charge in [0.25, 0.3) is 5.91 Å². The fraction of sp³-hybridized carbons (Fsp3) is 0.0435. The summed E-state index contributed by atoms with van der Waals surface area (Å²) in [5.74, 6) is 1.12. The van der Waals surface area contributed by atoms with Crippen molar-refractivity contribution in [2.24, 2.45) is 0 Å². The number of aliphatic hydroxyl groups excluding tert-OH is 1. The number of thiocarbonyl (C=S) groups is 1. The largest absolute Gasteiger partial charge is 0.459 e. The first-order valence-corrected chi connectivity index (χ1v) is 10.6. The summed E-state index contributed by atoms with van der Waals surface area (Å²) in [7, 11) is 0. The number of amides is 1. The highest BCUT2D eigenvalue weighted by Crippen LogP contribution is 2.34. The average Bonchev–Trinajstić information content (AvgIpc) is 3.46. The van der Waals surface area contributed by atoms with Gasteiger partial charge in [0.05, 0.1) is 10.0 Å². The Kier molecular flexibility index (Phi) is 6.62. The number of benzene rings is 2. The number of hydrogen-bond donors (Lipinski definition) is 3. The highest BCUT2D eigenvalue weighted by Gasteiger charge is 2.16. The number of anilines is 1. The van der Waals surface area contributed by atoms with Gasteiger partial charge in [-0.15, -0.1) is 0 Å². The molecule has 0 spiro atoms. The van der Waals surface area contributed by atoms with E-state index in [0.29, 0.717) is 38.6 Å². The van der Waals surface area contributed by atoms with Crippen LogP contribution in [0.4, 0.5) is 5.69 Å². The van der Waals surface area contributed by atoms with Crippen molar-refractivity contribution in [3.63, 3.8) is 0 Å². The minimum atomic E-state index is -0.504. The Morgan fingerprint density at radius 3 is 2.41 bits per heavy atom. The molecular formula is C23H16Cl2N2O4S. The lowest BCUT2D eigenvalue weighted by Gasteiger charge is -2.09. The van der Waals surface area contributed by atoms with Gasteiger partial charge in [0.1, 0.15) is 23.9 Å². The smallest absolute Gasteiger partial charge is 0.293 e. The standard InChI is InChI=1S/C23H16Cl2N2O4S/c24-17-3-1-2-16(21(17)25)19-10-11-20(31-19)22(29)27-23(32)26-14-6-4-13(5-7-14)18-9-8-15(12-28)30-18/h1-11,28H,12H2,(H2,26,27,29,32). The van der Waals surface area contributed by atoms with Crippen LogP contribution in [0.2, 0.25) is 10.0 Å². The third-order valence-electron chi connectivity index (χ3n) is 4.52. The molecule has 0 radical (unpaired) electrons. The maximum Gasteiger partial charge on any atom is 0.293 e. The average molecular weight is 487 g/mol. The molecule has 0 unspecified atom stereocenters. The van der Waals surface area contributed by atoms with Crippen molar-refractivity contribution in [2.75, 3.05) is 5.32 Å². The monoisotopic (exact) mass is 486 g/mol. The first kappa shape index (κ1) is 22.1. The van der Waals surface area contributed by atoms with E-state index >= 15 is 0 Å². The molecule has 0 aliphatic rings. The highest BCUT2D eigenvalue weighted by molar-refractivity contribution is 7.80. The quantitative estimate of drug-likeness (QED) is 0.294. The lowest BCUT2D eigenvalue weighted by Crippen LogP contribution is -2.33. The zero-order chi connectivity index (χ0) is 22.7. The first-order chi connectivity index (χ1) is 15.4. The molecule has 9 heteroatoms. The van der Waals surface area contributed by atoms with E-state index in [-0.39, 0.29) is 17.5 Å². The van der Waals surface area contributed by atoms with Crippen molar-refractivity contribution in [3.05, 3.63) is 88.3 Å². The molecule has 6 nitrogen and oxygen atoms in total. The predicted molar refractivity (Wildman–Crippen MR) is 128 cm³/mol. The molecule has 2 aromatic carbocycles. The normalized spacial score (nSPS) is 10.7. The van der Waals surface area contributed by atoms with Crippen molar-refractivity contribution in [3.8, 4) is 22.6 Å². The van der Waals surface area contributed by atoms with Crippen molar-refractivity contribution in [2.45, 2.75) is 6.61 Å². The number of carbonyl (C=O) groups excluding carboxylic acids is 1. The van der Waals surface area contributed by atoms with Crippen molar-refractivity contribution in [1.29, 1.82) is 0 Å². The Morgan fingerprint density at radius 1 is 0.938 bits per heavy atom. The van der Waals surface area contributed by atoms with E-state index in [0.717, 1.165) is 5.56 Å². The Labute approximate surface area is 198 Å². The number of rotatable bonds is 5. The van der Waals surface area contributed by atoms with Crippen LogP contribution in [0, 0.1) is 0 Å². The van der Waals surface area contributed by atoms with Crippen LogP contribution in [0.5, 0.6) is 0 Å². The molecule has 0 saturated carbocycles. The van der Waals surface area contributed by atoms with Gasteiger partial charge in [0.2, 0.25) is 0 Å². The summed E-state index contributed by atoms with van der Waals surface area (Å²) in [6.45, 7) is -0.156. The lowest BCUT2D eigenvalue weighted by atomic mass is 10.1. The number of carbonyl (C=O) groups is 1. The van der Waals surface area contributed by atoms with Gasteiger partial charge >= 0.3 is 0 Å². The van der Waals surface area contributed by atoms with Gasteiger partial charge < -0.3 is 19.3 Å². The van der Waals surface area contributed by atoms with Gasteiger partial charge in [0, 0.05) is 16.8 Å². The molecule has 0 atom stereocenters. The summed E-state index contributed by atoms with van der Waals surface area (Å²) in [5, 5.41) is 15.5. The number of hydrogen-bond acceptors (Lipinski definition) is 5. The molecular weight excluding hydrogens is 471 g/mol. The molecule has 0 bridgehead atoms. The second-order valence-electron chi connectivity index (χ2n) is 6.67. The van der Waals surface area contributed by atoms with Crippen LogP contribution in [0.15, 0.2) is 75.6 Å². The maximum absolute atomic E-state index is 12.5. The number of nitrogens with one attached hydrogen (secondary N) is 2. The lowest BCUT2D eigenvalue weighted by molar-refractivity contribution is 0.0951. The molecule has 4 aromatic rings. The van der Waals surface area contributed by atoms with E-state index in [2.05, 4.69) is 10.6 Å². The van der Waals surface area contributed by atoms with E-state index in [9.17, 15) is 4.79 Å². The van der Waals surface area contributed by atoms with Gasteiger partial charge in [-0.3, -0.25) is 10.1 Å². The van der Waals surface area contributed by atoms with E-state index < -0.39 is 5.91 Å². The second-order valence-corrected chi connectivity index (χ2v) is 7.87. The van der Waals surface area contributed by atoms with Crippen molar-refractivity contribution >= 4 is 52.1 Å². The minimum absolute atomic E-state index is 0.0769. The maximum atomic E-state index is 12.5. The SMILES string of the molecule is O=C(NC(=S)Nc1ccc(-c2ccc(CO)o2)cc1)c1ccc(-c2cccc(Cl)c2Cl)o1. The summed E-state index contributed by atoms with van der Waals surface area (Å²) < 4.78 is 11.1. The van der Waals surface area contributed by atoms with Gasteiger partial charge in [-0.25, -0.2) is 0 Å². The van der Waals surface area contributed by atoms with Crippen LogP contribution < -0.4 is 10.6 Å². The minimum Gasteiger partial charge on any atom is -0.459 e. The van der Waals surface area contributed by atoms with Crippen LogP contribution in [0.3, 0.4) is 0 Å². The van der Waals surface area contributed by atoms with Crippen LogP contribution in [0.25, 0.3) is 22.6 Å². The van der Waals surface area contributed by atoms with Crippen molar-refractivity contribution in [1.82, 2.24) is 5.32 Å². The molecule has 1 amide bonds. The predicted octanol–water partition coefficient (Wildman–Crippen LogP) is 6.13. The number of aliphatic hydroxyl groups is 1. The fourth-order valence-electron chi connectivity index (χ4n) is 2.96. The third-order valence-corrected chi connectivity index (χ3v) is 5.54. The molecule has 0 saturated heterocycles. The highest BCUT2D eigenvalue weighted by atomic mass is 35.5. The summed E-state index contributed by atoms with van der Waals surface area (Å²) in [6.07, 6.45) is 0.